The largest absolute Gasteiger partial charge is 0.365 e. The van der Waals surface area contributed by atoms with Crippen LogP contribution < -0.4 is 16.6 Å². The van der Waals surface area contributed by atoms with E-state index in [2.05, 4.69) is 24.4 Å². The zero-order valence-corrected chi connectivity index (χ0v) is 10.2. The third kappa shape index (κ3) is 2.52. The number of rotatable bonds is 3. The van der Waals surface area contributed by atoms with Crippen molar-refractivity contribution in [2.75, 3.05) is 5.32 Å². The lowest BCUT2D eigenvalue weighted by Crippen LogP contribution is -2.43. The van der Waals surface area contributed by atoms with Gasteiger partial charge in [0, 0.05) is 11.3 Å². The highest BCUT2D eigenvalue weighted by molar-refractivity contribution is 5.83. The summed E-state index contributed by atoms with van der Waals surface area (Å²) in [6.07, 6.45) is 3.73. The molecule has 96 valence electrons. The Kier molecular flexibility index (Phi) is 3.64. The van der Waals surface area contributed by atoms with E-state index < -0.39 is 12.1 Å². The number of carbonyl (C=O) groups excluding carboxylic acids is 1. The molecule has 0 radical (unpaired) electrons. The van der Waals surface area contributed by atoms with E-state index in [0.717, 1.165) is 17.7 Å². The Morgan fingerprint density at radius 3 is 3.06 bits per heavy atom. The highest BCUT2D eigenvalue weighted by Gasteiger charge is 2.17. The van der Waals surface area contributed by atoms with Gasteiger partial charge in [-0.05, 0) is 24.0 Å². The van der Waals surface area contributed by atoms with Gasteiger partial charge in [0.15, 0.2) is 0 Å². The lowest BCUT2D eigenvalue weighted by Gasteiger charge is -2.21. The summed E-state index contributed by atoms with van der Waals surface area (Å²) in [4.78, 5) is 11.2. The smallest absolute Gasteiger partial charge is 0.283 e. The Labute approximate surface area is 106 Å². The average Bonchev–Trinajstić information content (AvgIpc) is 2.37. The number of aliphatic hydroxyl groups is 1. The fourth-order valence-electron chi connectivity index (χ4n) is 2.08. The number of amides is 1. The lowest BCUT2D eigenvalue weighted by atomic mass is 9.90. The van der Waals surface area contributed by atoms with Crippen molar-refractivity contribution >= 4 is 17.7 Å². The van der Waals surface area contributed by atoms with Gasteiger partial charge >= 0.3 is 0 Å². The summed E-state index contributed by atoms with van der Waals surface area (Å²) in [7, 11) is 0. The second-order valence-electron chi connectivity index (χ2n) is 4.47. The number of hydrogen-bond acceptors (Lipinski definition) is 4. The Bertz CT molecular complexity index is 485. The highest BCUT2D eigenvalue weighted by Crippen LogP contribution is 2.28. The number of anilines is 1. The third-order valence-corrected chi connectivity index (χ3v) is 3.01. The molecular weight excluding hydrogens is 230 g/mol. The van der Waals surface area contributed by atoms with Gasteiger partial charge in [0.1, 0.15) is 0 Å². The lowest BCUT2D eigenvalue weighted by molar-refractivity contribution is -0.128. The molecule has 0 saturated carbocycles. The first-order valence-electron chi connectivity index (χ1n) is 5.87. The van der Waals surface area contributed by atoms with Gasteiger partial charge in [0.05, 0.1) is 0 Å². The molecule has 0 aliphatic heterocycles. The topological polar surface area (TPSA) is 87.4 Å². The minimum Gasteiger partial charge on any atom is -0.365 e. The molecule has 5 heteroatoms. The van der Waals surface area contributed by atoms with E-state index in [4.69, 9.17) is 5.84 Å². The molecule has 1 aromatic rings. The minimum absolute atomic E-state index is 0.505. The Morgan fingerprint density at radius 2 is 2.33 bits per heavy atom. The van der Waals surface area contributed by atoms with Crippen LogP contribution in [0.25, 0.3) is 6.08 Å². The van der Waals surface area contributed by atoms with Gasteiger partial charge in [-0.25, -0.2) is 5.84 Å². The first-order valence-corrected chi connectivity index (χ1v) is 5.87. The SMILES string of the molecule is CC1C=Cc2c(cccc2NC(O)C(=O)NN)C1. The molecule has 2 unspecified atom stereocenters. The fourth-order valence-corrected chi connectivity index (χ4v) is 2.08. The normalized spacial score (nSPS) is 18.9. The monoisotopic (exact) mass is 247 g/mol. The summed E-state index contributed by atoms with van der Waals surface area (Å²) in [5, 5.41) is 12.3. The summed E-state index contributed by atoms with van der Waals surface area (Å²) in [6, 6.07) is 5.78. The van der Waals surface area contributed by atoms with Crippen LogP contribution in [0.15, 0.2) is 24.3 Å². The number of nitrogens with one attached hydrogen (secondary N) is 2. The first kappa shape index (κ1) is 12.6. The van der Waals surface area contributed by atoms with E-state index in [-0.39, 0.29) is 0 Å². The maximum atomic E-state index is 11.2. The van der Waals surface area contributed by atoms with Crippen LogP contribution in [0, 0.1) is 5.92 Å². The number of hydrogen-bond donors (Lipinski definition) is 4. The molecule has 2 rings (SSSR count). The number of benzene rings is 1. The van der Waals surface area contributed by atoms with Crippen LogP contribution in [0.3, 0.4) is 0 Å². The molecule has 0 fully saturated rings. The summed E-state index contributed by atoms with van der Waals surface area (Å²) in [5.74, 6) is 4.81. The number of hydrazine groups is 1. The van der Waals surface area contributed by atoms with Gasteiger partial charge in [-0.1, -0.05) is 31.2 Å². The Morgan fingerprint density at radius 1 is 1.56 bits per heavy atom. The van der Waals surface area contributed by atoms with Crippen molar-refractivity contribution in [3.05, 3.63) is 35.4 Å². The summed E-state index contributed by atoms with van der Waals surface area (Å²) < 4.78 is 0. The van der Waals surface area contributed by atoms with Gasteiger partial charge in [-0.3, -0.25) is 10.2 Å². The molecule has 0 bridgehead atoms. The predicted molar refractivity (Wildman–Crippen MR) is 70.3 cm³/mol. The molecule has 5 N–H and O–H groups in total. The number of aliphatic hydroxyl groups excluding tert-OH is 1. The van der Waals surface area contributed by atoms with Crippen molar-refractivity contribution in [1.29, 1.82) is 0 Å². The van der Waals surface area contributed by atoms with Crippen LogP contribution in [0.5, 0.6) is 0 Å². The molecule has 1 aromatic carbocycles. The molecule has 1 aliphatic rings. The van der Waals surface area contributed by atoms with Crippen molar-refractivity contribution in [2.24, 2.45) is 11.8 Å². The Balaban J connectivity index is 2.24. The van der Waals surface area contributed by atoms with Gasteiger partial charge in [-0.2, -0.15) is 0 Å². The molecule has 18 heavy (non-hydrogen) atoms. The number of carbonyl (C=O) groups is 1. The zero-order chi connectivity index (χ0) is 13.1. The number of nitrogens with two attached hydrogens (primary N) is 1. The molecule has 1 amide bonds. The van der Waals surface area contributed by atoms with Gasteiger partial charge in [0.2, 0.25) is 6.23 Å². The van der Waals surface area contributed by atoms with E-state index in [1.165, 1.54) is 5.56 Å². The summed E-state index contributed by atoms with van der Waals surface area (Å²) >= 11 is 0. The maximum absolute atomic E-state index is 11.2. The van der Waals surface area contributed by atoms with Crippen LogP contribution in [0.2, 0.25) is 0 Å². The average molecular weight is 247 g/mol. The highest BCUT2D eigenvalue weighted by atomic mass is 16.3. The summed E-state index contributed by atoms with van der Waals surface area (Å²) in [6.45, 7) is 2.15. The molecule has 2 atom stereocenters. The van der Waals surface area contributed by atoms with Gasteiger partial charge < -0.3 is 10.4 Å². The molecule has 5 nitrogen and oxygen atoms in total. The van der Waals surface area contributed by atoms with E-state index >= 15 is 0 Å². The van der Waals surface area contributed by atoms with Crippen molar-refractivity contribution in [3.8, 4) is 0 Å². The van der Waals surface area contributed by atoms with Crippen LogP contribution in [0.4, 0.5) is 5.69 Å². The standard InChI is InChI=1S/C13H17N3O2/c1-8-5-6-10-9(7-8)3-2-4-11(10)15-12(17)13(18)16-14/h2-6,8,12,15,17H,7,14H2,1H3,(H,16,18). The quantitative estimate of drug-likeness (QED) is 0.273. The third-order valence-electron chi connectivity index (χ3n) is 3.01. The fraction of sp³-hybridized carbons (Fsp3) is 0.308. The van der Waals surface area contributed by atoms with Crippen molar-refractivity contribution in [1.82, 2.24) is 5.43 Å². The maximum Gasteiger partial charge on any atom is 0.283 e. The van der Waals surface area contributed by atoms with E-state index in [0.29, 0.717) is 5.92 Å². The zero-order valence-electron chi connectivity index (χ0n) is 10.2. The van der Waals surface area contributed by atoms with Crippen molar-refractivity contribution < 1.29 is 9.90 Å². The van der Waals surface area contributed by atoms with E-state index in [1.807, 2.05) is 23.6 Å². The number of allylic oxidation sites excluding steroid dienone is 1. The van der Waals surface area contributed by atoms with Gasteiger partial charge in [-0.15, -0.1) is 0 Å². The second-order valence-corrected chi connectivity index (χ2v) is 4.47. The molecule has 0 aromatic heterocycles. The number of fused-ring (bicyclic) bond motifs is 1. The van der Waals surface area contributed by atoms with Gasteiger partial charge in [0.25, 0.3) is 5.91 Å². The first-order chi connectivity index (χ1) is 8.61. The van der Waals surface area contributed by atoms with Crippen molar-refractivity contribution in [2.45, 2.75) is 19.6 Å². The van der Waals surface area contributed by atoms with E-state index in [1.54, 1.807) is 0 Å². The molecular formula is C13H17N3O2. The van der Waals surface area contributed by atoms with E-state index in [9.17, 15) is 9.90 Å². The Hall–Kier alpha value is -1.85. The van der Waals surface area contributed by atoms with Crippen LogP contribution in [0.1, 0.15) is 18.1 Å². The van der Waals surface area contributed by atoms with Crippen LogP contribution in [-0.2, 0) is 11.2 Å². The molecule has 1 aliphatic carbocycles. The molecule has 0 spiro atoms. The molecule has 0 heterocycles. The second kappa shape index (κ2) is 5.20. The van der Waals surface area contributed by atoms with Crippen LogP contribution >= 0.6 is 0 Å². The molecule has 0 saturated heterocycles. The van der Waals surface area contributed by atoms with Crippen LogP contribution in [-0.4, -0.2) is 17.2 Å². The predicted octanol–water partition coefficient (Wildman–Crippen LogP) is 0.612. The minimum atomic E-state index is -1.35. The van der Waals surface area contributed by atoms with Crippen molar-refractivity contribution in [3.63, 3.8) is 0 Å². The summed E-state index contributed by atoms with van der Waals surface area (Å²) in [5.41, 5.74) is 4.85.